The van der Waals surface area contributed by atoms with E-state index in [2.05, 4.69) is 0 Å². The molecular weight excluding hydrogens is 167 g/mol. The second-order valence-corrected chi connectivity index (χ2v) is 2.67. The van der Waals surface area contributed by atoms with Crippen molar-refractivity contribution < 1.29 is 9.18 Å². The van der Waals surface area contributed by atoms with Crippen LogP contribution in [0.5, 0.6) is 0 Å². The van der Waals surface area contributed by atoms with Crippen LogP contribution in [0.1, 0.15) is 15.9 Å². The Morgan fingerprint density at radius 2 is 2.18 bits per heavy atom. The van der Waals surface area contributed by atoms with E-state index in [0.29, 0.717) is 10.6 Å². The Balaban J connectivity index is 3.20. The first-order chi connectivity index (χ1) is 5.11. The summed E-state index contributed by atoms with van der Waals surface area (Å²) in [5, 5.41) is 0.507. The number of hydrogen-bond acceptors (Lipinski definition) is 1. The molecular formula is C8H6ClFO. The van der Waals surface area contributed by atoms with E-state index in [1.54, 1.807) is 13.0 Å². The van der Waals surface area contributed by atoms with Gasteiger partial charge in [-0.1, -0.05) is 11.6 Å². The van der Waals surface area contributed by atoms with Crippen molar-refractivity contribution in [2.24, 2.45) is 0 Å². The highest BCUT2D eigenvalue weighted by Crippen LogP contribution is 2.15. The monoisotopic (exact) mass is 172 g/mol. The van der Waals surface area contributed by atoms with E-state index in [4.69, 9.17) is 11.6 Å². The van der Waals surface area contributed by atoms with Crippen molar-refractivity contribution in [3.05, 3.63) is 34.3 Å². The predicted octanol–water partition coefficient (Wildman–Crippen LogP) is 2.76. The van der Waals surface area contributed by atoms with Crippen LogP contribution in [0.25, 0.3) is 0 Å². The van der Waals surface area contributed by atoms with Crippen molar-refractivity contribution in [1.29, 1.82) is 0 Å². The van der Waals surface area contributed by atoms with E-state index in [0.717, 1.165) is 0 Å². The molecule has 0 radical (unpaired) electrons. The lowest BCUT2D eigenvalue weighted by atomic mass is 10.1. The molecule has 0 saturated carbocycles. The van der Waals surface area contributed by atoms with Gasteiger partial charge in [-0.3, -0.25) is 4.79 Å². The van der Waals surface area contributed by atoms with E-state index >= 15 is 0 Å². The Labute approximate surface area is 68.8 Å². The predicted molar refractivity (Wildman–Crippen MR) is 41.6 cm³/mol. The molecule has 0 amide bonds. The van der Waals surface area contributed by atoms with Crippen molar-refractivity contribution in [3.8, 4) is 0 Å². The van der Waals surface area contributed by atoms with Crippen LogP contribution in [-0.4, -0.2) is 6.04 Å². The van der Waals surface area contributed by atoms with Crippen molar-refractivity contribution in [2.45, 2.75) is 6.92 Å². The van der Waals surface area contributed by atoms with E-state index in [1.165, 1.54) is 12.1 Å². The molecule has 58 valence electrons. The molecule has 0 saturated heterocycles. The highest BCUT2D eigenvalue weighted by molar-refractivity contribution is 6.30. The molecule has 11 heavy (non-hydrogen) atoms. The minimum Gasteiger partial charge on any atom is -0.255 e. The summed E-state index contributed by atoms with van der Waals surface area (Å²) in [4.78, 5) is 10.3. The summed E-state index contributed by atoms with van der Waals surface area (Å²) in [6.07, 6.45) is 0. The van der Waals surface area contributed by atoms with Crippen LogP contribution in [-0.2, 0) is 0 Å². The molecule has 0 aliphatic rings. The molecule has 1 nitrogen and oxygen atoms in total. The lowest BCUT2D eigenvalue weighted by Gasteiger charge is -1.97. The quantitative estimate of drug-likeness (QED) is 0.596. The Morgan fingerprint density at radius 3 is 2.64 bits per heavy atom. The third-order valence-corrected chi connectivity index (χ3v) is 1.64. The van der Waals surface area contributed by atoms with Crippen LogP contribution >= 0.6 is 11.6 Å². The molecule has 0 heterocycles. The van der Waals surface area contributed by atoms with Gasteiger partial charge in [-0.2, -0.15) is 4.39 Å². The Kier molecular flexibility index (Phi) is 2.25. The molecule has 0 bridgehead atoms. The minimum atomic E-state index is -1.42. The number of halogens is 2. The Bertz CT molecular complexity index is 296. The van der Waals surface area contributed by atoms with Crippen LogP contribution in [0.15, 0.2) is 18.2 Å². The second-order valence-electron chi connectivity index (χ2n) is 2.23. The van der Waals surface area contributed by atoms with Gasteiger partial charge in [0, 0.05) is 5.02 Å². The van der Waals surface area contributed by atoms with Gasteiger partial charge in [0.15, 0.2) is 0 Å². The third kappa shape index (κ3) is 1.77. The maximum absolute atomic E-state index is 12.1. The first-order valence-electron chi connectivity index (χ1n) is 3.07. The molecule has 1 aromatic carbocycles. The van der Waals surface area contributed by atoms with E-state index in [1.807, 2.05) is 0 Å². The van der Waals surface area contributed by atoms with Crippen LogP contribution < -0.4 is 0 Å². The zero-order chi connectivity index (χ0) is 8.43. The number of aryl methyl sites for hydroxylation is 1. The molecule has 0 fully saturated rings. The number of rotatable bonds is 1. The van der Waals surface area contributed by atoms with Gasteiger partial charge in [-0.05, 0) is 30.7 Å². The van der Waals surface area contributed by atoms with Crippen molar-refractivity contribution >= 4 is 17.6 Å². The molecule has 0 aromatic heterocycles. The maximum atomic E-state index is 12.1. The summed E-state index contributed by atoms with van der Waals surface area (Å²) in [6.45, 7) is 1.64. The largest absolute Gasteiger partial charge is 0.332 e. The van der Waals surface area contributed by atoms with Gasteiger partial charge in [-0.15, -0.1) is 0 Å². The van der Waals surface area contributed by atoms with Crippen LogP contribution in [0.3, 0.4) is 0 Å². The van der Waals surface area contributed by atoms with E-state index in [-0.39, 0.29) is 5.56 Å². The maximum Gasteiger partial charge on any atom is 0.332 e. The topological polar surface area (TPSA) is 17.1 Å². The zero-order valence-electron chi connectivity index (χ0n) is 5.90. The average Bonchev–Trinajstić information content (AvgIpc) is 1.85. The summed E-state index contributed by atoms with van der Waals surface area (Å²) in [5.74, 6) is 0. The fourth-order valence-corrected chi connectivity index (χ4v) is 1.07. The molecule has 0 aliphatic carbocycles. The average molecular weight is 173 g/mol. The molecule has 3 heteroatoms. The standard InChI is InChI=1S/C8H6ClFO/c1-5-4-6(9)2-3-7(5)8(10)11/h2-4H,1H3. The van der Waals surface area contributed by atoms with Crippen LogP contribution in [0.4, 0.5) is 4.39 Å². The summed E-state index contributed by atoms with van der Waals surface area (Å²) in [7, 11) is 0. The molecule has 0 N–H and O–H groups in total. The smallest absolute Gasteiger partial charge is 0.255 e. The molecule has 0 aliphatic heterocycles. The summed E-state index contributed by atoms with van der Waals surface area (Å²) in [5.41, 5.74) is 0.638. The van der Waals surface area contributed by atoms with Crippen molar-refractivity contribution in [2.75, 3.05) is 0 Å². The summed E-state index contributed by atoms with van der Waals surface area (Å²) in [6, 6.07) is 3.00. The normalized spacial score (nSPS) is 9.73. The van der Waals surface area contributed by atoms with Gasteiger partial charge in [0.2, 0.25) is 0 Å². The number of hydrogen-bond donors (Lipinski definition) is 0. The lowest BCUT2D eigenvalue weighted by Crippen LogP contribution is -1.93. The van der Waals surface area contributed by atoms with Gasteiger partial charge in [-0.25, -0.2) is 0 Å². The van der Waals surface area contributed by atoms with E-state index < -0.39 is 6.04 Å². The third-order valence-electron chi connectivity index (χ3n) is 1.40. The van der Waals surface area contributed by atoms with Gasteiger partial charge in [0.05, 0.1) is 5.56 Å². The lowest BCUT2D eigenvalue weighted by molar-refractivity contribution is 0.0835. The second kappa shape index (κ2) is 3.01. The minimum absolute atomic E-state index is 0.0781. The highest BCUT2D eigenvalue weighted by Gasteiger charge is 2.06. The molecule has 1 rings (SSSR count). The molecule has 0 unspecified atom stereocenters. The molecule has 1 aromatic rings. The Morgan fingerprint density at radius 1 is 1.55 bits per heavy atom. The molecule has 0 spiro atoms. The number of benzene rings is 1. The van der Waals surface area contributed by atoms with Gasteiger partial charge in [0.25, 0.3) is 0 Å². The fraction of sp³-hybridized carbons (Fsp3) is 0.125. The van der Waals surface area contributed by atoms with Crippen LogP contribution in [0, 0.1) is 6.92 Å². The fourth-order valence-electron chi connectivity index (χ4n) is 0.848. The van der Waals surface area contributed by atoms with Crippen LogP contribution in [0.2, 0.25) is 5.02 Å². The SMILES string of the molecule is Cc1cc(Cl)ccc1C(=O)F. The van der Waals surface area contributed by atoms with Gasteiger partial charge >= 0.3 is 6.04 Å². The zero-order valence-corrected chi connectivity index (χ0v) is 6.65. The number of carbonyl (C=O) groups excluding carboxylic acids is 1. The first-order valence-corrected chi connectivity index (χ1v) is 3.45. The number of carbonyl (C=O) groups is 1. The van der Waals surface area contributed by atoms with Crippen molar-refractivity contribution in [3.63, 3.8) is 0 Å². The highest BCUT2D eigenvalue weighted by atomic mass is 35.5. The Hall–Kier alpha value is -0.890. The first kappa shape index (κ1) is 8.21. The van der Waals surface area contributed by atoms with Gasteiger partial charge < -0.3 is 0 Å². The molecule has 0 atom stereocenters. The summed E-state index contributed by atoms with van der Waals surface area (Å²) >= 11 is 5.59. The van der Waals surface area contributed by atoms with E-state index in [9.17, 15) is 9.18 Å². The van der Waals surface area contributed by atoms with Gasteiger partial charge in [0.1, 0.15) is 0 Å². The summed E-state index contributed by atoms with van der Waals surface area (Å²) < 4.78 is 12.1. The van der Waals surface area contributed by atoms with Crippen molar-refractivity contribution in [1.82, 2.24) is 0 Å².